The predicted octanol–water partition coefficient (Wildman–Crippen LogP) is 1.59. The molecule has 0 radical (unpaired) electrons. The molecule has 1 aliphatic carbocycles. The molecule has 20 heavy (non-hydrogen) atoms. The van der Waals surface area contributed by atoms with Crippen molar-refractivity contribution in [3.8, 4) is 11.5 Å². The number of hydrogen-bond acceptors (Lipinski definition) is 4. The van der Waals surface area contributed by atoms with Gasteiger partial charge in [0.15, 0.2) is 5.82 Å². The van der Waals surface area contributed by atoms with E-state index in [2.05, 4.69) is 14.5 Å². The fourth-order valence-electron chi connectivity index (χ4n) is 2.58. The maximum atomic E-state index is 5.58. The van der Waals surface area contributed by atoms with Gasteiger partial charge in [0.25, 0.3) is 0 Å². The summed E-state index contributed by atoms with van der Waals surface area (Å²) in [6, 6.07) is 2.58. The van der Waals surface area contributed by atoms with E-state index < -0.39 is 0 Å². The highest BCUT2D eigenvalue weighted by Gasteiger charge is 2.29. The van der Waals surface area contributed by atoms with Crippen molar-refractivity contribution in [2.45, 2.75) is 25.4 Å². The van der Waals surface area contributed by atoms with E-state index in [4.69, 9.17) is 10.7 Å². The van der Waals surface area contributed by atoms with Gasteiger partial charge in [0.1, 0.15) is 11.2 Å². The molecule has 0 atom stereocenters. The number of aromatic nitrogens is 5. The fraction of sp³-hybridized carbons (Fsp3) is 0.357. The molecule has 3 aromatic rings. The molecule has 3 heterocycles. The standard InChI is InChI=1S/C14H16N6/c15-4-6-19-8-12(17-9-19)14-18-11-7-16-5-3-13(11)20(14)10-1-2-10/h3,5,7-10H,1-2,4,6,15H2. The quantitative estimate of drug-likeness (QED) is 0.779. The summed E-state index contributed by atoms with van der Waals surface area (Å²) in [5, 5.41) is 0. The molecule has 0 amide bonds. The Bertz CT molecular complexity index is 752. The van der Waals surface area contributed by atoms with Gasteiger partial charge >= 0.3 is 0 Å². The molecule has 0 aliphatic heterocycles. The summed E-state index contributed by atoms with van der Waals surface area (Å²) < 4.78 is 4.30. The monoisotopic (exact) mass is 268 g/mol. The molecule has 4 rings (SSSR count). The minimum Gasteiger partial charge on any atom is -0.335 e. The molecule has 6 heteroatoms. The molecule has 0 aromatic carbocycles. The van der Waals surface area contributed by atoms with Gasteiger partial charge in [-0.1, -0.05) is 0 Å². The molecule has 0 spiro atoms. The third-order valence-corrected chi connectivity index (χ3v) is 3.65. The lowest BCUT2D eigenvalue weighted by Crippen LogP contribution is -2.07. The molecular weight excluding hydrogens is 252 g/mol. The minimum atomic E-state index is 0.553. The van der Waals surface area contributed by atoms with Crippen molar-refractivity contribution in [2.75, 3.05) is 6.54 Å². The van der Waals surface area contributed by atoms with Gasteiger partial charge in [0.2, 0.25) is 0 Å². The van der Waals surface area contributed by atoms with Crippen LogP contribution < -0.4 is 5.73 Å². The molecule has 1 fully saturated rings. The van der Waals surface area contributed by atoms with Gasteiger partial charge in [-0.15, -0.1) is 0 Å². The first-order valence-electron chi connectivity index (χ1n) is 6.91. The van der Waals surface area contributed by atoms with E-state index in [1.54, 1.807) is 0 Å². The van der Waals surface area contributed by atoms with Crippen LogP contribution in [0.3, 0.4) is 0 Å². The number of pyridine rings is 1. The molecular formula is C14H16N6. The van der Waals surface area contributed by atoms with Gasteiger partial charge in [-0.3, -0.25) is 4.98 Å². The van der Waals surface area contributed by atoms with Crippen molar-refractivity contribution >= 4 is 11.0 Å². The first kappa shape index (κ1) is 11.6. The van der Waals surface area contributed by atoms with Crippen molar-refractivity contribution in [1.82, 2.24) is 24.1 Å². The van der Waals surface area contributed by atoms with Crippen molar-refractivity contribution in [3.63, 3.8) is 0 Å². The molecule has 1 aliphatic rings. The van der Waals surface area contributed by atoms with Crippen LogP contribution in [0.4, 0.5) is 0 Å². The van der Waals surface area contributed by atoms with E-state index in [-0.39, 0.29) is 0 Å². The molecule has 6 nitrogen and oxygen atoms in total. The largest absolute Gasteiger partial charge is 0.335 e. The number of hydrogen-bond donors (Lipinski definition) is 1. The Balaban J connectivity index is 1.87. The smallest absolute Gasteiger partial charge is 0.161 e. The molecule has 2 N–H and O–H groups in total. The van der Waals surface area contributed by atoms with E-state index in [0.717, 1.165) is 29.1 Å². The van der Waals surface area contributed by atoms with Crippen LogP contribution in [-0.4, -0.2) is 30.6 Å². The van der Waals surface area contributed by atoms with Crippen LogP contribution in [-0.2, 0) is 6.54 Å². The average Bonchev–Trinajstić information content (AvgIpc) is 3.07. The van der Waals surface area contributed by atoms with E-state index in [0.29, 0.717) is 12.6 Å². The highest BCUT2D eigenvalue weighted by molar-refractivity contribution is 5.79. The van der Waals surface area contributed by atoms with Crippen LogP contribution in [0.2, 0.25) is 0 Å². The summed E-state index contributed by atoms with van der Waals surface area (Å²) in [6.45, 7) is 1.39. The Hall–Kier alpha value is -2.21. The number of imidazole rings is 2. The van der Waals surface area contributed by atoms with E-state index in [1.807, 2.05) is 35.6 Å². The second-order valence-corrected chi connectivity index (χ2v) is 5.19. The molecule has 0 saturated heterocycles. The van der Waals surface area contributed by atoms with Crippen molar-refractivity contribution in [1.29, 1.82) is 0 Å². The molecule has 0 unspecified atom stereocenters. The maximum absolute atomic E-state index is 5.58. The molecule has 0 bridgehead atoms. The summed E-state index contributed by atoms with van der Waals surface area (Å²) >= 11 is 0. The topological polar surface area (TPSA) is 74.6 Å². The number of nitrogens with two attached hydrogens (primary N) is 1. The van der Waals surface area contributed by atoms with Gasteiger partial charge in [0.05, 0.1) is 18.0 Å². The SMILES string of the molecule is NCCn1cnc(-c2nc3cnccc3n2C2CC2)c1. The summed E-state index contributed by atoms with van der Waals surface area (Å²) in [7, 11) is 0. The first-order valence-corrected chi connectivity index (χ1v) is 6.91. The third-order valence-electron chi connectivity index (χ3n) is 3.65. The Morgan fingerprint density at radius 1 is 1.35 bits per heavy atom. The lowest BCUT2D eigenvalue weighted by atomic mass is 10.4. The van der Waals surface area contributed by atoms with Gasteiger partial charge in [-0.2, -0.15) is 0 Å². The predicted molar refractivity (Wildman–Crippen MR) is 76.1 cm³/mol. The highest BCUT2D eigenvalue weighted by Crippen LogP contribution is 2.40. The van der Waals surface area contributed by atoms with Crippen LogP contribution in [0.5, 0.6) is 0 Å². The minimum absolute atomic E-state index is 0.553. The maximum Gasteiger partial charge on any atom is 0.161 e. The Morgan fingerprint density at radius 2 is 2.25 bits per heavy atom. The van der Waals surface area contributed by atoms with Crippen LogP contribution in [0.1, 0.15) is 18.9 Å². The highest BCUT2D eigenvalue weighted by atomic mass is 15.2. The van der Waals surface area contributed by atoms with E-state index >= 15 is 0 Å². The van der Waals surface area contributed by atoms with Crippen LogP contribution in [0, 0.1) is 0 Å². The third kappa shape index (κ3) is 1.80. The van der Waals surface area contributed by atoms with Crippen LogP contribution in [0.25, 0.3) is 22.6 Å². The lowest BCUT2D eigenvalue weighted by molar-refractivity contribution is 0.707. The molecule has 3 aromatic heterocycles. The van der Waals surface area contributed by atoms with Gasteiger partial charge in [-0.25, -0.2) is 9.97 Å². The van der Waals surface area contributed by atoms with Crippen LogP contribution >= 0.6 is 0 Å². The van der Waals surface area contributed by atoms with Crippen molar-refractivity contribution in [3.05, 3.63) is 31.0 Å². The lowest BCUT2D eigenvalue weighted by Gasteiger charge is -2.05. The first-order chi connectivity index (χ1) is 9.86. The zero-order chi connectivity index (χ0) is 13.5. The van der Waals surface area contributed by atoms with Crippen molar-refractivity contribution in [2.24, 2.45) is 5.73 Å². The Labute approximate surface area is 116 Å². The Kier molecular flexibility index (Phi) is 2.56. The summed E-state index contributed by atoms with van der Waals surface area (Å²) in [5.41, 5.74) is 8.56. The number of rotatable bonds is 4. The summed E-state index contributed by atoms with van der Waals surface area (Å²) in [5.74, 6) is 0.936. The second kappa shape index (κ2) is 4.42. The second-order valence-electron chi connectivity index (χ2n) is 5.19. The Morgan fingerprint density at radius 3 is 3.05 bits per heavy atom. The summed E-state index contributed by atoms with van der Waals surface area (Å²) in [4.78, 5) is 13.3. The summed E-state index contributed by atoms with van der Waals surface area (Å²) in [6.07, 6.45) is 9.89. The number of fused-ring (bicyclic) bond motifs is 1. The zero-order valence-electron chi connectivity index (χ0n) is 11.1. The van der Waals surface area contributed by atoms with Crippen molar-refractivity contribution < 1.29 is 0 Å². The molecule has 102 valence electrons. The fourth-order valence-corrected chi connectivity index (χ4v) is 2.58. The number of nitrogens with zero attached hydrogens (tertiary/aromatic N) is 5. The van der Waals surface area contributed by atoms with Gasteiger partial charge < -0.3 is 14.9 Å². The normalized spacial score (nSPS) is 15.1. The average molecular weight is 268 g/mol. The van der Waals surface area contributed by atoms with Gasteiger partial charge in [0, 0.05) is 31.5 Å². The zero-order valence-corrected chi connectivity index (χ0v) is 11.1. The van der Waals surface area contributed by atoms with E-state index in [9.17, 15) is 0 Å². The van der Waals surface area contributed by atoms with E-state index in [1.165, 1.54) is 12.8 Å². The molecule has 1 saturated carbocycles. The van der Waals surface area contributed by atoms with Crippen LogP contribution in [0.15, 0.2) is 31.0 Å². The van der Waals surface area contributed by atoms with Gasteiger partial charge in [-0.05, 0) is 18.9 Å².